The smallest absolute Gasteiger partial charge is 0.322 e. The van der Waals surface area contributed by atoms with E-state index in [9.17, 15) is 4.79 Å². The number of carbonyl (C=O) groups excluding carboxylic acids is 1. The summed E-state index contributed by atoms with van der Waals surface area (Å²) in [4.78, 5) is 16.4. The summed E-state index contributed by atoms with van der Waals surface area (Å²) in [6.45, 7) is 2.65. The summed E-state index contributed by atoms with van der Waals surface area (Å²) < 4.78 is 0. The van der Waals surface area contributed by atoms with Crippen molar-refractivity contribution in [3.8, 4) is 6.07 Å². The number of hydrogen-bond donors (Lipinski definition) is 1. The minimum atomic E-state index is -0.191. The van der Waals surface area contributed by atoms with Crippen molar-refractivity contribution in [2.45, 2.75) is 0 Å². The number of piperazine rings is 1. The second-order valence-corrected chi connectivity index (χ2v) is 6.53. The van der Waals surface area contributed by atoms with Crippen LogP contribution in [0.25, 0.3) is 0 Å². The third-order valence-corrected chi connectivity index (χ3v) is 4.66. The number of halogens is 2. The van der Waals surface area contributed by atoms with E-state index < -0.39 is 0 Å². The first kappa shape index (κ1) is 17.4. The van der Waals surface area contributed by atoms with Gasteiger partial charge in [0.1, 0.15) is 0 Å². The maximum atomic E-state index is 12.4. The molecule has 128 valence electrons. The molecule has 1 aliphatic heterocycles. The topological polar surface area (TPSA) is 59.4 Å². The molecular weight excluding hydrogens is 359 g/mol. The fourth-order valence-corrected chi connectivity index (χ4v) is 3.04. The molecule has 0 radical (unpaired) electrons. The molecule has 0 atom stereocenters. The number of rotatable bonds is 2. The molecule has 3 rings (SSSR count). The van der Waals surface area contributed by atoms with E-state index in [-0.39, 0.29) is 6.03 Å². The van der Waals surface area contributed by atoms with Gasteiger partial charge in [-0.2, -0.15) is 5.26 Å². The van der Waals surface area contributed by atoms with Crippen molar-refractivity contribution in [1.82, 2.24) is 4.90 Å². The molecule has 2 amide bonds. The van der Waals surface area contributed by atoms with Crippen LogP contribution in [-0.4, -0.2) is 37.1 Å². The highest BCUT2D eigenvalue weighted by molar-refractivity contribution is 6.35. The van der Waals surface area contributed by atoms with Crippen molar-refractivity contribution in [1.29, 1.82) is 5.26 Å². The zero-order valence-corrected chi connectivity index (χ0v) is 14.9. The lowest BCUT2D eigenvalue weighted by Crippen LogP contribution is -2.50. The minimum absolute atomic E-state index is 0.191. The Hall–Kier alpha value is -2.42. The van der Waals surface area contributed by atoms with Crippen LogP contribution in [0.3, 0.4) is 0 Å². The van der Waals surface area contributed by atoms with Gasteiger partial charge in [0, 0.05) is 36.9 Å². The molecule has 5 nitrogen and oxygen atoms in total. The summed E-state index contributed by atoms with van der Waals surface area (Å²) in [5.74, 6) is 0. The van der Waals surface area contributed by atoms with Gasteiger partial charge in [0.2, 0.25) is 0 Å². The molecule has 7 heteroatoms. The van der Waals surface area contributed by atoms with Crippen LogP contribution in [0.2, 0.25) is 10.0 Å². The third-order valence-electron chi connectivity index (χ3n) is 4.10. The van der Waals surface area contributed by atoms with E-state index in [4.69, 9.17) is 28.5 Å². The van der Waals surface area contributed by atoms with E-state index in [1.807, 2.05) is 12.1 Å². The van der Waals surface area contributed by atoms with Crippen molar-refractivity contribution < 1.29 is 4.79 Å². The Morgan fingerprint density at radius 1 is 1.04 bits per heavy atom. The first-order valence-corrected chi connectivity index (χ1v) is 8.58. The first-order valence-electron chi connectivity index (χ1n) is 7.83. The number of nitriles is 1. The van der Waals surface area contributed by atoms with E-state index in [1.165, 1.54) is 0 Å². The van der Waals surface area contributed by atoms with E-state index >= 15 is 0 Å². The number of amides is 2. The highest BCUT2D eigenvalue weighted by Gasteiger charge is 2.22. The predicted molar refractivity (Wildman–Crippen MR) is 100 cm³/mol. The quantitative estimate of drug-likeness (QED) is 0.855. The second-order valence-electron chi connectivity index (χ2n) is 5.69. The molecule has 0 aromatic heterocycles. The number of benzene rings is 2. The maximum absolute atomic E-state index is 12.4. The lowest BCUT2D eigenvalue weighted by Gasteiger charge is -2.36. The van der Waals surface area contributed by atoms with E-state index in [1.54, 1.807) is 35.2 Å². The molecule has 0 aliphatic carbocycles. The van der Waals surface area contributed by atoms with Gasteiger partial charge < -0.3 is 15.1 Å². The lowest BCUT2D eigenvalue weighted by atomic mass is 10.2. The number of nitrogens with one attached hydrogen (secondary N) is 1. The minimum Gasteiger partial charge on any atom is -0.368 e. The summed E-state index contributed by atoms with van der Waals surface area (Å²) in [5.41, 5.74) is 2.20. The van der Waals surface area contributed by atoms with Crippen LogP contribution in [0.1, 0.15) is 5.56 Å². The van der Waals surface area contributed by atoms with Crippen LogP contribution in [0.4, 0.5) is 16.2 Å². The van der Waals surface area contributed by atoms with Gasteiger partial charge in [0.05, 0.1) is 22.3 Å². The molecule has 1 fully saturated rings. The molecule has 2 aromatic carbocycles. The van der Waals surface area contributed by atoms with Gasteiger partial charge in [0.25, 0.3) is 0 Å². The number of urea groups is 1. The molecular formula is C18H16Cl2N4O. The Morgan fingerprint density at radius 3 is 2.36 bits per heavy atom. The van der Waals surface area contributed by atoms with Crippen molar-refractivity contribution >= 4 is 40.6 Å². The Balaban J connectivity index is 1.58. The first-order chi connectivity index (χ1) is 12.1. The molecule has 1 aliphatic rings. The standard InChI is InChI=1S/C18H16Cl2N4O/c19-14-3-6-16(20)17(11-14)22-18(25)24-9-7-23(8-10-24)15-4-1-13(12-21)2-5-15/h1-6,11H,7-10H2,(H,22,25). The van der Waals surface area contributed by atoms with Crippen LogP contribution in [0, 0.1) is 11.3 Å². The molecule has 2 aromatic rings. The summed E-state index contributed by atoms with van der Waals surface area (Å²) in [7, 11) is 0. The number of hydrogen-bond acceptors (Lipinski definition) is 3. The number of carbonyl (C=O) groups is 1. The average molecular weight is 375 g/mol. The fourth-order valence-electron chi connectivity index (χ4n) is 2.70. The van der Waals surface area contributed by atoms with Gasteiger partial charge in [0.15, 0.2) is 0 Å². The highest BCUT2D eigenvalue weighted by Crippen LogP contribution is 2.26. The van der Waals surface area contributed by atoms with Crippen LogP contribution in [-0.2, 0) is 0 Å². The molecule has 1 heterocycles. The van der Waals surface area contributed by atoms with E-state index in [0.717, 1.165) is 18.8 Å². The van der Waals surface area contributed by atoms with Crippen LogP contribution >= 0.6 is 23.2 Å². The largest absolute Gasteiger partial charge is 0.368 e. The van der Waals surface area contributed by atoms with Crippen molar-refractivity contribution in [2.24, 2.45) is 0 Å². The van der Waals surface area contributed by atoms with Gasteiger partial charge >= 0.3 is 6.03 Å². The van der Waals surface area contributed by atoms with Gasteiger partial charge in [-0.05, 0) is 42.5 Å². The van der Waals surface area contributed by atoms with E-state index in [0.29, 0.717) is 34.4 Å². The Kier molecular flexibility index (Phi) is 5.32. The lowest BCUT2D eigenvalue weighted by molar-refractivity contribution is 0.208. The molecule has 0 bridgehead atoms. The third kappa shape index (κ3) is 4.16. The van der Waals surface area contributed by atoms with Crippen LogP contribution < -0.4 is 10.2 Å². The fraction of sp³-hybridized carbons (Fsp3) is 0.222. The number of anilines is 2. The molecule has 0 saturated carbocycles. The zero-order chi connectivity index (χ0) is 17.8. The van der Waals surface area contributed by atoms with Gasteiger partial charge in [-0.25, -0.2) is 4.79 Å². The van der Waals surface area contributed by atoms with E-state index in [2.05, 4.69) is 16.3 Å². The Labute approximate surface area is 156 Å². The average Bonchev–Trinajstić information content (AvgIpc) is 2.65. The Bertz CT molecular complexity index is 809. The molecule has 1 saturated heterocycles. The molecule has 0 unspecified atom stereocenters. The summed E-state index contributed by atoms with van der Waals surface area (Å²) >= 11 is 12.0. The highest BCUT2D eigenvalue weighted by atomic mass is 35.5. The summed E-state index contributed by atoms with van der Waals surface area (Å²) in [6, 6.07) is 14.3. The van der Waals surface area contributed by atoms with Gasteiger partial charge in [-0.3, -0.25) is 0 Å². The van der Waals surface area contributed by atoms with Gasteiger partial charge in [-0.15, -0.1) is 0 Å². The number of nitrogens with zero attached hydrogens (tertiary/aromatic N) is 3. The summed E-state index contributed by atoms with van der Waals surface area (Å²) in [6.07, 6.45) is 0. The predicted octanol–water partition coefficient (Wildman–Crippen LogP) is 4.22. The van der Waals surface area contributed by atoms with Gasteiger partial charge in [-0.1, -0.05) is 23.2 Å². The normalized spacial score (nSPS) is 14.1. The van der Waals surface area contributed by atoms with Crippen molar-refractivity contribution in [3.05, 3.63) is 58.1 Å². The van der Waals surface area contributed by atoms with Crippen molar-refractivity contribution in [2.75, 3.05) is 36.4 Å². The molecule has 1 N–H and O–H groups in total. The summed E-state index contributed by atoms with van der Waals surface area (Å²) in [5, 5.41) is 12.6. The monoisotopic (exact) mass is 374 g/mol. The second kappa shape index (κ2) is 7.64. The molecule has 0 spiro atoms. The van der Waals surface area contributed by atoms with Crippen LogP contribution in [0.15, 0.2) is 42.5 Å². The Morgan fingerprint density at radius 2 is 1.72 bits per heavy atom. The SMILES string of the molecule is N#Cc1ccc(N2CCN(C(=O)Nc3cc(Cl)ccc3Cl)CC2)cc1. The van der Waals surface area contributed by atoms with Crippen molar-refractivity contribution in [3.63, 3.8) is 0 Å². The zero-order valence-electron chi connectivity index (χ0n) is 13.4. The molecule has 25 heavy (non-hydrogen) atoms. The maximum Gasteiger partial charge on any atom is 0.322 e. The van der Waals surface area contributed by atoms with Crippen LogP contribution in [0.5, 0.6) is 0 Å².